The Bertz CT molecular complexity index is 1340. The molecule has 35 heavy (non-hydrogen) atoms. The van der Waals surface area contributed by atoms with Crippen LogP contribution >= 0.6 is 0 Å². The summed E-state index contributed by atoms with van der Waals surface area (Å²) in [6.07, 6.45) is 2.81. The number of nitro benzene ring substituents is 1. The molecule has 11 nitrogen and oxygen atoms in total. The van der Waals surface area contributed by atoms with E-state index in [-0.39, 0.29) is 22.8 Å². The number of para-hydroxylation sites is 1. The van der Waals surface area contributed by atoms with Crippen LogP contribution in [0.5, 0.6) is 0 Å². The Morgan fingerprint density at radius 2 is 1.63 bits per heavy atom. The van der Waals surface area contributed by atoms with Gasteiger partial charge in [0.25, 0.3) is 11.6 Å². The summed E-state index contributed by atoms with van der Waals surface area (Å²) in [7, 11) is 0. The lowest BCUT2D eigenvalue weighted by molar-refractivity contribution is -0.383. The van der Waals surface area contributed by atoms with Crippen LogP contribution in [-0.4, -0.2) is 31.5 Å². The van der Waals surface area contributed by atoms with Gasteiger partial charge in [-0.25, -0.2) is 9.67 Å². The molecule has 4 aromatic rings. The first-order valence-corrected chi connectivity index (χ1v) is 10.6. The molecule has 3 aromatic carbocycles. The van der Waals surface area contributed by atoms with Crippen molar-refractivity contribution in [2.75, 3.05) is 16.0 Å². The van der Waals surface area contributed by atoms with E-state index >= 15 is 0 Å². The normalized spacial score (nSPS) is 11.3. The van der Waals surface area contributed by atoms with E-state index in [0.29, 0.717) is 17.1 Å². The molecule has 0 aliphatic rings. The molecule has 4 rings (SSSR count). The fourth-order valence-corrected chi connectivity index (χ4v) is 3.23. The molecule has 0 spiro atoms. The van der Waals surface area contributed by atoms with Gasteiger partial charge < -0.3 is 16.0 Å². The molecule has 0 fully saturated rings. The predicted octanol–water partition coefficient (Wildman–Crippen LogP) is 4.38. The minimum atomic E-state index is -0.549. The number of amides is 2. The van der Waals surface area contributed by atoms with Crippen LogP contribution in [0.4, 0.5) is 28.4 Å². The van der Waals surface area contributed by atoms with E-state index in [1.807, 2.05) is 18.2 Å². The highest BCUT2D eigenvalue weighted by molar-refractivity contribution is 6.05. The summed E-state index contributed by atoms with van der Waals surface area (Å²) in [4.78, 5) is 39.9. The molecule has 176 valence electrons. The van der Waals surface area contributed by atoms with E-state index in [4.69, 9.17) is 0 Å². The first-order valence-electron chi connectivity index (χ1n) is 10.6. The topological polar surface area (TPSA) is 144 Å². The number of benzene rings is 3. The lowest BCUT2D eigenvalue weighted by atomic mass is 10.1. The van der Waals surface area contributed by atoms with Crippen molar-refractivity contribution in [3.63, 3.8) is 0 Å². The third kappa shape index (κ3) is 5.66. The Labute approximate surface area is 200 Å². The number of carbonyl (C=O) groups excluding carboxylic acids is 2. The third-order valence-corrected chi connectivity index (χ3v) is 5.13. The van der Waals surface area contributed by atoms with Crippen molar-refractivity contribution < 1.29 is 14.5 Å². The monoisotopic (exact) mass is 471 g/mol. The number of aromatic nitrogens is 3. The molecule has 3 N–H and O–H groups in total. The smallest absolute Gasteiger partial charge is 0.293 e. The summed E-state index contributed by atoms with van der Waals surface area (Å²) >= 11 is 0. The van der Waals surface area contributed by atoms with Crippen LogP contribution in [0.15, 0.2) is 85.5 Å². The highest BCUT2D eigenvalue weighted by atomic mass is 16.6. The van der Waals surface area contributed by atoms with E-state index in [9.17, 15) is 19.7 Å². The van der Waals surface area contributed by atoms with Crippen LogP contribution in [0.1, 0.15) is 23.3 Å². The fourth-order valence-electron chi connectivity index (χ4n) is 3.23. The molecule has 0 aliphatic heterocycles. The van der Waals surface area contributed by atoms with Crippen molar-refractivity contribution in [2.24, 2.45) is 0 Å². The standard InChI is InChI=1S/C24H21N7O4/c1-16(30-15-25-14-26-30)23(32)28-19-8-10-20(11-9-19)29-24(33)17-7-12-21(22(13-17)31(34)35)27-18-5-3-2-4-6-18/h2-16,27H,1H3,(H,28,32)(H,29,33). The first-order chi connectivity index (χ1) is 16.9. The minimum absolute atomic E-state index is 0.134. The second-order valence-corrected chi connectivity index (χ2v) is 7.55. The third-order valence-electron chi connectivity index (χ3n) is 5.13. The molecule has 1 atom stereocenters. The maximum atomic E-state index is 12.7. The average Bonchev–Trinajstić information content (AvgIpc) is 3.40. The number of hydrogen-bond acceptors (Lipinski definition) is 7. The molecule has 2 amide bonds. The second-order valence-electron chi connectivity index (χ2n) is 7.55. The van der Waals surface area contributed by atoms with Crippen molar-refractivity contribution in [3.8, 4) is 0 Å². The van der Waals surface area contributed by atoms with Crippen molar-refractivity contribution in [1.82, 2.24) is 14.8 Å². The van der Waals surface area contributed by atoms with Crippen molar-refractivity contribution in [1.29, 1.82) is 0 Å². The van der Waals surface area contributed by atoms with Crippen LogP contribution in [0.3, 0.4) is 0 Å². The molecule has 0 aliphatic carbocycles. The molecule has 11 heteroatoms. The van der Waals surface area contributed by atoms with E-state index in [0.717, 1.165) is 0 Å². The quantitative estimate of drug-likeness (QED) is 0.255. The van der Waals surface area contributed by atoms with Gasteiger partial charge in [0, 0.05) is 28.7 Å². The van der Waals surface area contributed by atoms with Crippen LogP contribution in [-0.2, 0) is 4.79 Å². The Morgan fingerprint density at radius 1 is 0.943 bits per heavy atom. The van der Waals surface area contributed by atoms with E-state index in [2.05, 4.69) is 26.0 Å². The number of hydrogen-bond donors (Lipinski definition) is 3. The highest BCUT2D eigenvalue weighted by Crippen LogP contribution is 2.29. The summed E-state index contributed by atoms with van der Waals surface area (Å²) in [5.41, 5.74) is 1.88. The maximum Gasteiger partial charge on any atom is 0.293 e. The summed E-state index contributed by atoms with van der Waals surface area (Å²) < 4.78 is 1.43. The zero-order chi connectivity index (χ0) is 24.8. The van der Waals surface area contributed by atoms with Crippen molar-refractivity contribution in [2.45, 2.75) is 13.0 Å². The number of anilines is 4. The van der Waals surface area contributed by atoms with Crippen LogP contribution in [0.2, 0.25) is 0 Å². The maximum absolute atomic E-state index is 12.7. The second kappa shape index (κ2) is 10.3. The summed E-state index contributed by atoms with van der Waals surface area (Å²) in [5.74, 6) is -0.778. The van der Waals surface area contributed by atoms with E-state index in [1.54, 1.807) is 43.3 Å². The molecular formula is C24H21N7O4. The number of nitro groups is 1. The zero-order valence-corrected chi connectivity index (χ0v) is 18.6. The van der Waals surface area contributed by atoms with Crippen LogP contribution in [0, 0.1) is 10.1 Å². The SMILES string of the molecule is CC(C(=O)Nc1ccc(NC(=O)c2ccc(Nc3ccccc3)c([N+](=O)[O-])c2)cc1)n1cncn1. The molecule has 0 bridgehead atoms. The first kappa shape index (κ1) is 23.1. The van der Waals surface area contributed by atoms with E-state index in [1.165, 1.54) is 35.5 Å². The van der Waals surface area contributed by atoms with Gasteiger partial charge in [0.2, 0.25) is 5.91 Å². The van der Waals surface area contributed by atoms with Crippen molar-refractivity contribution >= 4 is 40.3 Å². The van der Waals surface area contributed by atoms with E-state index < -0.39 is 16.9 Å². The van der Waals surface area contributed by atoms with Gasteiger partial charge in [-0.3, -0.25) is 19.7 Å². The molecule has 1 aromatic heterocycles. The molecule has 0 saturated carbocycles. The van der Waals surface area contributed by atoms with Gasteiger partial charge in [-0.15, -0.1) is 0 Å². The van der Waals surface area contributed by atoms with Crippen LogP contribution in [0.25, 0.3) is 0 Å². The van der Waals surface area contributed by atoms with Gasteiger partial charge in [-0.05, 0) is 55.5 Å². The van der Waals surface area contributed by atoms with Gasteiger partial charge in [0.05, 0.1) is 4.92 Å². The lowest BCUT2D eigenvalue weighted by Crippen LogP contribution is -2.24. The fraction of sp³-hybridized carbons (Fsp3) is 0.0833. The molecule has 1 heterocycles. The summed E-state index contributed by atoms with van der Waals surface area (Å²) in [6, 6.07) is 19.2. The number of nitrogens with zero attached hydrogens (tertiary/aromatic N) is 4. The lowest BCUT2D eigenvalue weighted by Gasteiger charge is -2.13. The number of nitrogens with one attached hydrogen (secondary N) is 3. The Hall–Kier alpha value is -5.06. The molecular weight excluding hydrogens is 450 g/mol. The Balaban J connectivity index is 1.42. The zero-order valence-electron chi connectivity index (χ0n) is 18.6. The summed E-state index contributed by atoms with van der Waals surface area (Å²) in [5, 5.41) is 24.0. The predicted molar refractivity (Wildman–Crippen MR) is 131 cm³/mol. The molecule has 0 saturated heterocycles. The van der Waals surface area contributed by atoms with Gasteiger partial charge >= 0.3 is 0 Å². The Morgan fingerprint density at radius 3 is 2.26 bits per heavy atom. The van der Waals surface area contributed by atoms with Crippen LogP contribution < -0.4 is 16.0 Å². The summed E-state index contributed by atoms with van der Waals surface area (Å²) in [6.45, 7) is 1.69. The van der Waals surface area contributed by atoms with Crippen molar-refractivity contribution in [3.05, 3.63) is 101 Å². The largest absolute Gasteiger partial charge is 0.350 e. The minimum Gasteiger partial charge on any atom is -0.350 e. The Kier molecular flexibility index (Phi) is 6.77. The van der Waals surface area contributed by atoms with Gasteiger partial charge in [-0.2, -0.15) is 5.10 Å². The van der Waals surface area contributed by atoms with Gasteiger partial charge in [0.15, 0.2) is 0 Å². The number of rotatable bonds is 8. The molecule has 0 radical (unpaired) electrons. The number of carbonyl (C=O) groups is 2. The molecule has 1 unspecified atom stereocenters. The average molecular weight is 471 g/mol. The van der Waals surface area contributed by atoms with Gasteiger partial charge in [0.1, 0.15) is 24.4 Å². The van der Waals surface area contributed by atoms with Gasteiger partial charge in [-0.1, -0.05) is 18.2 Å². The highest BCUT2D eigenvalue weighted by Gasteiger charge is 2.19.